The van der Waals surface area contributed by atoms with Gasteiger partial charge in [-0.3, -0.25) is 0 Å². The third kappa shape index (κ3) is 2.82. The van der Waals surface area contributed by atoms with Crippen LogP contribution in [-0.2, 0) is 16.6 Å². The van der Waals surface area contributed by atoms with Gasteiger partial charge in [-0.25, -0.2) is 18.1 Å². The number of aromatic nitrogens is 2. The van der Waals surface area contributed by atoms with Gasteiger partial charge in [0.2, 0.25) is 0 Å². The number of aryl methyl sites for hydroxylation is 2. The molecule has 0 aliphatic heterocycles. The summed E-state index contributed by atoms with van der Waals surface area (Å²) in [4.78, 5) is 4.09. The Hall–Kier alpha value is -0.920. The summed E-state index contributed by atoms with van der Waals surface area (Å²) in [5.41, 5.74) is -0.706. The molecule has 0 spiro atoms. The van der Waals surface area contributed by atoms with Gasteiger partial charge < -0.3 is 9.67 Å². The van der Waals surface area contributed by atoms with Crippen molar-refractivity contribution in [2.45, 2.75) is 56.6 Å². The molecule has 19 heavy (non-hydrogen) atoms. The minimum Gasteiger partial charge on any atom is -0.394 e. The fourth-order valence-electron chi connectivity index (χ4n) is 2.61. The van der Waals surface area contributed by atoms with Crippen molar-refractivity contribution >= 4 is 10.0 Å². The minimum absolute atomic E-state index is 0.0339. The number of rotatable bonds is 5. The van der Waals surface area contributed by atoms with E-state index in [0.717, 1.165) is 12.8 Å². The second-order valence-corrected chi connectivity index (χ2v) is 6.79. The first kappa shape index (κ1) is 14.5. The van der Waals surface area contributed by atoms with Gasteiger partial charge in [0, 0.05) is 12.7 Å². The molecular weight excluding hydrogens is 266 g/mol. The topological polar surface area (TPSA) is 84.2 Å². The van der Waals surface area contributed by atoms with Crippen LogP contribution in [0.3, 0.4) is 0 Å². The van der Waals surface area contributed by atoms with Crippen molar-refractivity contribution in [3.05, 3.63) is 12.0 Å². The Bertz CT molecular complexity index is 545. The number of aliphatic hydroxyl groups is 1. The molecule has 2 rings (SSSR count). The lowest BCUT2D eigenvalue weighted by Crippen LogP contribution is -2.49. The van der Waals surface area contributed by atoms with Crippen LogP contribution in [0.2, 0.25) is 0 Å². The van der Waals surface area contributed by atoms with Gasteiger partial charge in [-0.15, -0.1) is 0 Å². The number of nitrogens with zero attached hydrogens (tertiary/aromatic N) is 2. The van der Waals surface area contributed by atoms with E-state index < -0.39 is 15.6 Å². The summed E-state index contributed by atoms with van der Waals surface area (Å²) in [7, 11) is -3.67. The number of hydrogen-bond acceptors (Lipinski definition) is 4. The van der Waals surface area contributed by atoms with Crippen molar-refractivity contribution in [1.82, 2.24) is 14.3 Å². The SMILES string of the molecule is CCn1cc(S(=O)(=O)NC2(CO)CCCC2)nc1C. The molecule has 7 heteroatoms. The van der Waals surface area contributed by atoms with E-state index in [-0.39, 0.29) is 11.6 Å². The van der Waals surface area contributed by atoms with E-state index in [2.05, 4.69) is 9.71 Å². The Morgan fingerprint density at radius 2 is 2.11 bits per heavy atom. The lowest BCUT2D eigenvalue weighted by molar-refractivity contribution is 0.185. The maximum absolute atomic E-state index is 12.3. The number of hydrogen-bond donors (Lipinski definition) is 2. The summed E-state index contributed by atoms with van der Waals surface area (Å²) in [6.45, 7) is 4.23. The second kappa shape index (κ2) is 5.22. The van der Waals surface area contributed by atoms with Crippen LogP contribution < -0.4 is 4.72 Å². The first-order valence-corrected chi connectivity index (χ1v) is 8.09. The van der Waals surface area contributed by atoms with Crippen molar-refractivity contribution in [2.75, 3.05) is 6.61 Å². The van der Waals surface area contributed by atoms with E-state index >= 15 is 0 Å². The van der Waals surface area contributed by atoms with Crippen molar-refractivity contribution in [2.24, 2.45) is 0 Å². The highest BCUT2D eigenvalue weighted by Gasteiger charge is 2.38. The maximum Gasteiger partial charge on any atom is 0.260 e. The van der Waals surface area contributed by atoms with Crippen molar-refractivity contribution < 1.29 is 13.5 Å². The van der Waals surface area contributed by atoms with Gasteiger partial charge in [0.25, 0.3) is 10.0 Å². The molecule has 1 saturated carbocycles. The standard InChI is InChI=1S/C12H21N3O3S/c1-3-15-8-11(13-10(15)2)19(17,18)14-12(9-16)6-4-5-7-12/h8,14,16H,3-7,9H2,1-2H3. The molecule has 0 bridgehead atoms. The maximum atomic E-state index is 12.3. The molecule has 1 aliphatic carbocycles. The van der Waals surface area contributed by atoms with Gasteiger partial charge in [0.15, 0.2) is 5.03 Å². The molecule has 1 aliphatic rings. The lowest BCUT2D eigenvalue weighted by Gasteiger charge is -2.26. The first-order chi connectivity index (χ1) is 8.92. The second-order valence-electron chi connectivity index (χ2n) is 5.16. The summed E-state index contributed by atoms with van der Waals surface area (Å²) < 4.78 is 29.1. The normalized spacial score (nSPS) is 18.9. The van der Waals surface area contributed by atoms with Crippen LogP contribution in [-0.4, -0.2) is 35.2 Å². The van der Waals surface area contributed by atoms with Crippen LogP contribution in [0.25, 0.3) is 0 Å². The molecule has 0 aromatic carbocycles. The molecule has 1 heterocycles. The van der Waals surface area contributed by atoms with Crippen LogP contribution in [0.5, 0.6) is 0 Å². The van der Waals surface area contributed by atoms with Crippen LogP contribution in [0.15, 0.2) is 11.2 Å². The molecule has 1 aromatic heterocycles. The molecule has 0 amide bonds. The molecule has 108 valence electrons. The lowest BCUT2D eigenvalue weighted by atomic mass is 10.0. The van der Waals surface area contributed by atoms with Crippen LogP contribution in [0, 0.1) is 6.92 Å². The fraction of sp³-hybridized carbons (Fsp3) is 0.750. The monoisotopic (exact) mass is 287 g/mol. The summed E-state index contributed by atoms with van der Waals surface area (Å²) in [5.74, 6) is 0.673. The Morgan fingerprint density at radius 3 is 2.58 bits per heavy atom. The molecule has 6 nitrogen and oxygen atoms in total. The third-order valence-electron chi connectivity index (χ3n) is 3.78. The average Bonchev–Trinajstić information content (AvgIpc) is 2.96. The summed E-state index contributed by atoms with van der Waals surface area (Å²) in [6, 6.07) is 0. The smallest absolute Gasteiger partial charge is 0.260 e. The van der Waals surface area contributed by atoms with Gasteiger partial charge in [-0.2, -0.15) is 0 Å². The Kier molecular flexibility index (Phi) is 3.98. The third-order valence-corrected chi connectivity index (χ3v) is 5.23. The molecule has 1 aromatic rings. The van der Waals surface area contributed by atoms with Gasteiger partial charge in [-0.05, 0) is 26.7 Å². The van der Waals surface area contributed by atoms with E-state index in [9.17, 15) is 13.5 Å². The highest BCUT2D eigenvalue weighted by Crippen LogP contribution is 2.30. The van der Waals surface area contributed by atoms with E-state index in [1.807, 2.05) is 6.92 Å². The van der Waals surface area contributed by atoms with E-state index in [4.69, 9.17) is 0 Å². The molecule has 0 atom stereocenters. The number of nitrogens with one attached hydrogen (secondary N) is 1. The first-order valence-electron chi connectivity index (χ1n) is 6.61. The zero-order valence-corrected chi connectivity index (χ0v) is 12.2. The number of sulfonamides is 1. The van der Waals surface area contributed by atoms with Gasteiger partial charge in [-0.1, -0.05) is 12.8 Å². The van der Waals surface area contributed by atoms with Crippen LogP contribution in [0.1, 0.15) is 38.4 Å². The number of aliphatic hydroxyl groups excluding tert-OH is 1. The van der Waals surface area contributed by atoms with Crippen molar-refractivity contribution in [3.8, 4) is 0 Å². The molecule has 0 unspecified atom stereocenters. The fourth-order valence-corrected chi connectivity index (χ4v) is 4.07. The van der Waals surface area contributed by atoms with Gasteiger partial charge >= 0.3 is 0 Å². The Balaban J connectivity index is 2.26. The molecule has 1 fully saturated rings. The predicted molar refractivity (Wildman–Crippen MR) is 71.2 cm³/mol. The quantitative estimate of drug-likeness (QED) is 0.839. The molecule has 0 radical (unpaired) electrons. The molecular formula is C12H21N3O3S. The predicted octanol–water partition coefficient (Wildman–Crippen LogP) is 0.795. The van der Waals surface area contributed by atoms with E-state index in [0.29, 0.717) is 25.2 Å². The summed E-state index contributed by atoms with van der Waals surface area (Å²) in [6.07, 6.45) is 4.76. The Labute approximate surface area is 113 Å². The van der Waals surface area contributed by atoms with Crippen LogP contribution in [0.4, 0.5) is 0 Å². The summed E-state index contributed by atoms with van der Waals surface area (Å²) >= 11 is 0. The highest BCUT2D eigenvalue weighted by atomic mass is 32.2. The average molecular weight is 287 g/mol. The summed E-state index contributed by atoms with van der Waals surface area (Å²) in [5, 5.41) is 9.51. The zero-order valence-electron chi connectivity index (χ0n) is 11.4. The van der Waals surface area contributed by atoms with Crippen LogP contribution >= 0.6 is 0 Å². The molecule has 0 saturated heterocycles. The highest BCUT2D eigenvalue weighted by molar-refractivity contribution is 7.89. The van der Waals surface area contributed by atoms with Gasteiger partial charge in [0.1, 0.15) is 5.82 Å². The Morgan fingerprint density at radius 1 is 1.47 bits per heavy atom. The van der Waals surface area contributed by atoms with Crippen molar-refractivity contribution in [3.63, 3.8) is 0 Å². The van der Waals surface area contributed by atoms with E-state index in [1.165, 1.54) is 6.20 Å². The van der Waals surface area contributed by atoms with E-state index in [1.54, 1.807) is 11.5 Å². The van der Waals surface area contributed by atoms with Gasteiger partial charge in [0.05, 0.1) is 12.1 Å². The van der Waals surface area contributed by atoms with Crippen molar-refractivity contribution in [1.29, 1.82) is 0 Å². The minimum atomic E-state index is -3.67. The zero-order chi connectivity index (χ0) is 14.1. The number of imidazole rings is 1. The molecule has 2 N–H and O–H groups in total. The largest absolute Gasteiger partial charge is 0.394 e.